The first-order chi connectivity index (χ1) is 16.1. The Balaban J connectivity index is 0.00000324. The van der Waals surface area contributed by atoms with E-state index in [9.17, 15) is 4.79 Å². The number of hydrogen-bond donors (Lipinski definition) is 1. The lowest BCUT2D eigenvalue weighted by Crippen LogP contribution is -2.48. The van der Waals surface area contributed by atoms with E-state index < -0.39 is 0 Å². The summed E-state index contributed by atoms with van der Waals surface area (Å²) >= 11 is 6.26. The topological polar surface area (TPSA) is 81.3 Å². The van der Waals surface area contributed by atoms with Crippen molar-refractivity contribution in [3.05, 3.63) is 89.2 Å². The fraction of sp³-hybridized carbons (Fsp3) is 0.346. The van der Waals surface area contributed by atoms with Gasteiger partial charge < -0.3 is 15.4 Å². The lowest BCUT2D eigenvalue weighted by molar-refractivity contribution is 0.0548. The highest BCUT2D eigenvalue weighted by atomic mass is 35.5. The second-order valence-corrected chi connectivity index (χ2v) is 8.93. The Hall–Kier alpha value is -2.67. The minimum atomic E-state index is -0.122. The molecule has 1 fully saturated rings. The molecule has 2 N–H and O–H groups in total. The number of benzene rings is 2. The minimum Gasteiger partial charge on any atom is -0.492 e. The third-order valence-corrected chi connectivity index (χ3v) is 6.81. The molecule has 1 amide bonds. The van der Waals surface area contributed by atoms with Gasteiger partial charge in [-0.1, -0.05) is 41.9 Å². The van der Waals surface area contributed by atoms with Crippen molar-refractivity contribution in [2.24, 2.45) is 5.73 Å². The third kappa shape index (κ3) is 6.06. The number of carbonyl (C=O) groups excluding carboxylic acids is 1. The molecule has 2 aromatic carbocycles. The number of aromatic nitrogens is 2. The van der Waals surface area contributed by atoms with Gasteiger partial charge in [-0.3, -0.25) is 4.79 Å². The van der Waals surface area contributed by atoms with E-state index in [0.717, 1.165) is 36.5 Å². The number of hydrogen-bond acceptors (Lipinski definition) is 5. The number of carbonyl (C=O) groups is 1. The average Bonchev–Trinajstić information content (AvgIpc) is 2.88. The molecular formula is C26H30Cl2N4O2. The Labute approximate surface area is 211 Å². The average molecular weight is 501 g/mol. The van der Waals surface area contributed by atoms with Crippen LogP contribution in [0.2, 0.25) is 5.02 Å². The maximum atomic E-state index is 13.4. The SMILES string of the molecule is Cl.NCC1(c2cccc(Cl)c2)CCC(N(CCOc2ccccc2)C(=O)c2cccnn2)CC1. The van der Waals surface area contributed by atoms with Crippen LogP contribution in [-0.4, -0.2) is 46.7 Å². The molecular weight excluding hydrogens is 471 g/mol. The number of amides is 1. The molecule has 1 saturated carbocycles. The van der Waals surface area contributed by atoms with Crippen molar-refractivity contribution in [2.45, 2.75) is 37.1 Å². The Morgan fingerprint density at radius 1 is 1.09 bits per heavy atom. The van der Waals surface area contributed by atoms with E-state index in [1.54, 1.807) is 18.3 Å². The zero-order valence-electron chi connectivity index (χ0n) is 19.0. The molecule has 0 radical (unpaired) electrons. The first-order valence-corrected chi connectivity index (χ1v) is 11.7. The Kier molecular flexibility index (Phi) is 9.28. The molecule has 34 heavy (non-hydrogen) atoms. The van der Waals surface area contributed by atoms with Crippen molar-refractivity contribution in [1.82, 2.24) is 15.1 Å². The summed E-state index contributed by atoms with van der Waals surface area (Å²) in [6.07, 6.45) is 5.04. The van der Waals surface area contributed by atoms with Crippen LogP contribution in [0.15, 0.2) is 72.9 Å². The van der Waals surface area contributed by atoms with E-state index in [2.05, 4.69) is 16.3 Å². The summed E-state index contributed by atoms with van der Waals surface area (Å²) in [5, 5.41) is 8.66. The predicted octanol–water partition coefficient (Wildman–Crippen LogP) is 4.91. The normalized spacial score (nSPS) is 19.6. The summed E-state index contributed by atoms with van der Waals surface area (Å²) < 4.78 is 5.89. The highest BCUT2D eigenvalue weighted by molar-refractivity contribution is 6.30. The molecule has 1 aliphatic rings. The number of ether oxygens (including phenoxy) is 1. The molecule has 1 aromatic heterocycles. The largest absolute Gasteiger partial charge is 0.492 e. The fourth-order valence-corrected chi connectivity index (χ4v) is 4.88. The lowest BCUT2D eigenvalue weighted by atomic mass is 9.68. The van der Waals surface area contributed by atoms with Crippen molar-refractivity contribution < 1.29 is 9.53 Å². The second kappa shape index (κ2) is 12.2. The Morgan fingerprint density at radius 2 is 1.85 bits per heavy atom. The fourth-order valence-electron chi connectivity index (χ4n) is 4.69. The van der Waals surface area contributed by atoms with Gasteiger partial charge >= 0.3 is 0 Å². The van der Waals surface area contributed by atoms with E-state index in [1.165, 1.54) is 5.56 Å². The van der Waals surface area contributed by atoms with Gasteiger partial charge in [0.2, 0.25) is 0 Å². The van der Waals surface area contributed by atoms with Crippen LogP contribution in [0.4, 0.5) is 0 Å². The zero-order valence-corrected chi connectivity index (χ0v) is 20.5. The van der Waals surface area contributed by atoms with Crippen LogP contribution in [0, 0.1) is 0 Å². The predicted molar refractivity (Wildman–Crippen MR) is 137 cm³/mol. The molecule has 4 rings (SSSR count). The molecule has 8 heteroatoms. The number of nitrogens with zero attached hydrogens (tertiary/aromatic N) is 3. The van der Waals surface area contributed by atoms with Crippen LogP contribution in [0.1, 0.15) is 41.7 Å². The van der Waals surface area contributed by atoms with Gasteiger partial charge in [0.25, 0.3) is 5.91 Å². The monoisotopic (exact) mass is 500 g/mol. The van der Waals surface area contributed by atoms with Crippen LogP contribution in [-0.2, 0) is 5.41 Å². The van der Waals surface area contributed by atoms with Crippen LogP contribution in [0.5, 0.6) is 5.75 Å². The molecule has 1 aliphatic carbocycles. The van der Waals surface area contributed by atoms with E-state index >= 15 is 0 Å². The molecule has 0 spiro atoms. The molecule has 0 atom stereocenters. The molecule has 6 nitrogen and oxygen atoms in total. The highest BCUT2D eigenvalue weighted by Gasteiger charge is 2.39. The number of nitrogens with two attached hydrogens (primary N) is 1. The van der Waals surface area contributed by atoms with Crippen LogP contribution >= 0.6 is 24.0 Å². The van der Waals surface area contributed by atoms with Crippen molar-refractivity contribution in [3.63, 3.8) is 0 Å². The Bertz CT molecular complexity index is 1040. The van der Waals surface area contributed by atoms with Crippen molar-refractivity contribution >= 4 is 29.9 Å². The van der Waals surface area contributed by atoms with E-state index in [1.807, 2.05) is 53.4 Å². The first-order valence-electron chi connectivity index (χ1n) is 11.3. The van der Waals surface area contributed by atoms with Gasteiger partial charge in [-0.25, -0.2) is 0 Å². The van der Waals surface area contributed by atoms with Gasteiger partial charge in [-0.15, -0.1) is 17.5 Å². The highest BCUT2D eigenvalue weighted by Crippen LogP contribution is 2.41. The maximum Gasteiger partial charge on any atom is 0.274 e. The van der Waals surface area contributed by atoms with E-state index in [4.69, 9.17) is 22.1 Å². The third-order valence-electron chi connectivity index (χ3n) is 6.58. The van der Waals surface area contributed by atoms with E-state index in [0.29, 0.717) is 25.4 Å². The number of rotatable bonds is 8. The van der Waals surface area contributed by atoms with Gasteiger partial charge in [-0.2, -0.15) is 5.10 Å². The summed E-state index contributed by atoms with van der Waals surface area (Å²) in [5.74, 6) is 0.670. The van der Waals surface area contributed by atoms with Gasteiger partial charge in [0.1, 0.15) is 12.4 Å². The molecule has 0 bridgehead atoms. The minimum absolute atomic E-state index is 0. The molecule has 0 saturated heterocycles. The summed E-state index contributed by atoms with van der Waals surface area (Å²) in [6.45, 7) is 1.43. The van der Waals surface area contributed by atoms with Gasteiger partial charge in [0.05, 0.1) is 6.54 Å². The van der Waals surface area contributed by atoms with Crippen molar-refractivity contribution in [1.29, 1.82) is 0 Å². The van der Waals surface area contributed by atoms with Crippen molar-refractivity contribution in [2.75, 3.05) is 19.7 Å². The molecule has 0 unspecified atom stereocenters. The maximum absolute atomic E-state index is 13.4. The molecule has 3 aromatic rings. The quantitative estimate of drug-likeness (QED) is 0.474. The van der Waals surface area contributed by atoms with Crippen LogP contribution < -0.4 is 10.5 Å². The van der Waals surface area contributed by atoms with Crippen molar-refractivity contribution in [3.8, 4) is 5.75 Å². The van der Waals surface area contributed by atoms with Crippen LogP contribution in [0.25, 0.3) is 0 Å². The summed E-state index contributed by atoms with van der Waals surface area (Å²) in [7, 11) is 0. The van der Waals surface area contributed by atoms with Gasteiger partial charge in [0, 0.05) is 29.2 Å². The molecule has 180 valence electrons. The van der Waals surface area contributed by atoms with Gasteiger partial charge in [-0.05, 0) is 67.6 Å². The second-order valence-electron chi connectivity index (χ2n) is 8.49. The standard InChI is InChI=1S/C26H29ClN4O2.ClH/c27-21-7-4-6-20(18-21)26(19-28)13-11-22(12-14-26)31(25(32)24-10-5-15-29-30-24)16-17-33-23-8-2-1-3-9-23;/h1-10,15,18,22H,11-14,16-17,19,28H2;1H. The van der Waals surface area contributed by atoms with E-state index in [-0.39, 0.29) is 29.8 Å². The summed E-state index contributed by atoms with van der Waals surface area (Å²) in [4.78, 5) is 15.3. The van der Waals surface area contributed by atoms with Crippen LogP contribution in [0.3, 0.4) is 0 Å². The summed E-state index contributed by atoms with van der Waals surface area (Å²) in [6, 6.07) is 21.1. The number of halogens is 2. The number of para-hydroxylation sites is 1. The zero-order chi connectivity index (χ0) is 23.1. The smallest absolute Gasteiger partial charge is 0.274 e. The first kappa shape index (κ1) is 25.9. The lowest BCUT2D eigenvalue weighted by Gasteiger charge is -2.43. The Morgan fingerprint density at radius 3 is 2.50 bits per heavy atom. The molecule has 0 aliphatic heterocycles. The van der Waals surface area contributed by atoms with Gasteiger partial charge in [0.15, 0.2) is 5.69 Å². The molecule has 1 heterocycles. The summed E-state index contributed by atoms with van der Waals surface area (Å²) in [5.41, 5.74) is 7.68.